The molecular formula is C23H30ClN3O2S. The van der Waals surface area contributed by atoms with Gasteiger partial charge in [-0.3, -0.25) is 9.69 Å². The molecule has 1 atom stereocenters. The van der Waals surface area contributed by atoms with E-state index in [0.29, 0.717) is 13.1 Å². The van der Waals surface area contributed by atoms with E-state index in [1.54, 1.807) is 11.8 Å². The lowest BCUT2D eigenvalue weighted by molar-refractivity contribution is -0.120. The second-order valence-electron chi connectivity index (χ2n) is 7.41. The Morgan fingerprint density at radius 3 is 2.53 bits per heavy atom. The molecule has 0 saturated carbocycles. The molecule has 2 aromatic rings. The number of hydrogen-bond acceptors (Lipinski definition) is 5. The third kappa shape index (κ3) is 7.93. The number of nitrogens with zero attached hydrogens (tertiary/aromatic N) is 1. The Hall–Kier alpha value is -1.57. The number of halogens is 1. The second-order valence-corrected chi connectivity index (χ2v) is 9.01. The first kappa shape index (κ1) is 23.1. The van der Waals surface area contributed by atoms with Crippen LogP contribution in [0, 0.1) is 6.92 Å². The van der Waals surface area contributed by atoms with Crippen molar-refractivity contribution in [3.63, 3.8) is 0 Å². The molecule has 0 spiro atoms. The fourth-order valence-electron chi connectivity index (χ4n) is 3.30. The summed E-state index contributed by atoms with van der Waals surface area (Å²) in [5, 5.41) is 7.19. The van der Waals surface area contributed by atoms with Crippen LogP contribution in [0.2, 0.25) is 5.02 Å². The molecule has 1 amide bonds. The number of morpholine rings is 1. The van der Waals surface area contributed by atoms with Crippen molar-refractivity contribution in [2.24, 2.45) is 0 Å². The minimum Gasteiger partial charge on any atom is -0.379 e. The molecule has 162 valence electrons. The predicted octanol–water partition coefficient (Wildman–Crippen LogP) is 3.52. The SMILES string of the molecule is Cc1ccc(C(CN2CCOCC2)NCC(=O)NCCSc2ccc(Cl)cc2)cc1. The average Bonchev–Trinajstić information content (AvgIpc) is 2.77. The molecule has 2 aromatic carbocycles. The fraction of sp³-hybridized carbons (Fsp3) is 0.435. The Balaban J connectivity index is 1.44. The van der Waals surface area contributed by atoms with Crippen molar-refractivity contribution in [1.82, 2.24) is 15.5 Å². The van der Waals surface area contributed by atoms with E-state index in [-0.39, 0.29) is 11.9 Å². The van der Waals surface area contributed by atoms with Gasteiger partial charge in [-0.15, -0.1) is 11.8 Å². The third-order valence-electron chi connectivity index (χ3n) is 5.04. The van der Waals surface area contributed by atoms with Gasteiger partial charge in [0.1, 0.15) is 0 Å². The molecule has 1 unspecified atom stereocenters. The van der Waals surface area contributed by atoms with Crippen LogP contribution in [0.5, 0.6) is 0 Å². The molecule has 0 radical (unpaired) electrons. The van der Waals surface area contributed by atoms with Crippen molar-refractivity contribution < 1.29 is 9.53 Å². The standard InChI is InChI=1S/C23H30ClN3O2S/c1-18-2-4-19(5-3-18)22(17-27-11-13-29-14-12-27)26-16-23(28)25-10-15-30-21-8-6-20(24)7-9-21/h2-9,22,26H,10-17H2,1H3,(H,25,28). The Kier molecular flexibility index (Phi) is 9.49. The van der Waals surface area contributed by atoms with Crippen LogP contribution in [0.15, 0.2) is 53.4 Å². The molecule has 0 bridgehead atoms. The number of amides is 1. The molecule has 1 heterocycles. The summed E-state index contributed by atoms with van der Waals surface area (Å²) >= 11 is 7.61. The molecule has 5 nitrogen and oxygen atoms in total. The number of aryl methyl sites for hydroxylation is 1. The van der Waals surface area contributed by atoms with Gasteiger partial charge in [0.25, 0.3) is 0 Å². The Bertz CT molecular complexity index is 780. The molecule has 3 rings (SSSR count). The molecular weight excluding hydrogens is 418 g/mol. The highest BCUT2D eigenvalue weighted by Gasteiger charge is 2.19. The summed E-state index contributed by atoms with van der Waals surface area (Å²) in [6, 6.07) is 16.4. The Morgan fingerprint density at radius 2 is 1.83 bits per heavy atom. The number of carbonyl (C=O) groups is 1. The van der Waals surface area contributed by atoms with Crippen LogP contribution < -0.4 is 10.6 Å². The maximum atomic E-state index is 12.3. The lowest BCUT2D eigenvalue weighted by atomic mass is 10.0. The van der Waals surface area contributed by atoms with E-state index in [1.807, 2.05) is 24.3 Å². The lowest BCUT2D eigenvalue weighted by Crippen LogP contribution is -2.44. The highest BCUT2D eigenvalue weighted by Crippen LogP contribution is 2.19. The quantitative estimate of drug-likeness (QED) is 0.431. The highest BCUT2D eigenvalue weighted by molar-refractivity contribution is 7.99. The summed E-state index contributed by atoms with van der Waals surface area (Å²) in [7, 11) is 0. The van der Waals surface area contributed by atoms with Crippen molar-refractivity contribution in [2.75, 3.05) is 51.7 Å². The van der Waals surface area contributed by atoms with E-state index < -0.39 is 0 Å². The van der Waals surface area contributed by atoms with Crippen molar-refractivity contribution in [1.29, 1.82) is 0 Å². The summed E-state index contributed by atoms with van der Waals surface area (Å²) in [5.41, 5.74) is 2.44. The molecule has 1 aliphatic rings. The van der Waals surface area contributed by atoms with Gasteiger partial charge >= 0.3 is 0 Å². The summed E-state index contributed by atoms with van der Waals surface area (Å²) < 4.78 is 5.46. The third-order valence-corrected chi connectivity index (χ3v) is 6.31. The monoisotopic (exact) mass is 447 g/mol. The highest BCUT2D eigenvalue weighted by atomic mass is 35.5. The molecule has 1 saturated heterocycles. The van der Waals surface area contributed by atoms with Crippen LogP contribution in [-0.2, 0) is 9.53 Å². The number of ether oxygens (including phenoxy) is 1. The molecule has 2 N–H and O–H groups in total. The minimum absolute atomic E-state index is 0.0193. The number of benzene rings is 2. The van der Waals surface area contributed by atoms with Gasteiger partial charge in [-0.2, -0.15) is 0 Å². The number of hydrogen-bond donors (Lipinski definition) is 2. The first-order valence-electron chi connectivity index (χ1n) is 10.4. The summed E-state index contributed by atoms with van der Waals surface area (Å²) in [6.07, 6.45) is 0. The van der Waals surface area contributed by atoms with Crippen LogP contribution >= 0.6 is 23.4 Å². The fourth-order valence-corrected chi connectivity index (χ4v) is 4.19. The average molecular weight is 448 g/mol. The molecule has 30 heavy (non-hydrogen) atoms. The minimum atomic E-state index is 0.0193. The molecule has 0 aromatic heterocycles. The van der Waals surface area contributed by atoms with Crippen LogP contribution in [0.1, 0.15) is 17.2 Å². The van der Waals surface area contributed by atoms with Crippen LogP contribution in [-0.4, -0.2) is 62.5 Å². The molecule has 1 aliphatic heterocycles. The Morgan fingerprint density at radius 1 is 1.13 bits per heavy atom. The van der Waals surface area contributed by atoms with Gasteiger partial charge in [0.2, 0.25) is 5.91 Å². The van der Waals surface area contributed by atoms with E-state index >= 15 is 0 Å². The molecule has 7 heteroatoms. The topological polar surface area (TPSA) is 53.6 Å². The number of nitrogens with one attached hydrogen (secondary N) is 2. The first-order valence-corrected chi connectivity index (χ1v) is 11.7. The van der Waals surface area contributed by atoms with Crippen molar-refractivity contribution >= 4 is 29.3 Å². The van der Waals surface area contributed by atoms with Crippen molar-refractivity contribution in [3.05, 3.63) is 64.7 Å². The van der Waals surface area contributed by atoms with Gasteiger partial charge in [0.05, 0.1) is 19.8 Å². The first-order chi connectivity index (χ1) is 14.6. The summed E-state index contributed by atoms with van der Waals surface area (Å²) in [4.78, 5) is 15.9. The van der Waals surface area contributed by atoms with E-state index in [4.69, 9.17) is 16.3 Å². The molecule has 0 aliphatic carbocycles. The summed E-state index contributed by atoms with van der Waals surface area (Å²) in [5.74, 6) is 0.841. The maximum Gasteiger partial charge on any atom is 0.234 e. The van der Waals surface area contributed by atoms with Gasteiger partial charge in [-0.1, -0.05) is 41.4 Å². The van der Waals surface area contributed by atoms with Crippen LogP contribution in [0.25, 0.3) is 0 Å². The van der Waals surface area contributed by atoms with Gasteiger partial charge in [0, 0.05) is 47.9 Å². The van der Waals surface area contributed by atoms with Gasteiger partial charge < -0.3 is 15.4 Å². The van der Waals surface area contributed by atoms with Gasteiger partial charge in [-0.05, 0) is 36.8 Å². The molecule has 1 fully saturated rings. The largest absolute Gasteiger partial charge is 0.379 e. The lowest BCUT2D eigenvalue weighted by Gasteiger charge is -2.31. The van der Waals surface area contributed by atoms with E-state index in [2.05, 4.69) is 46.7 Å². The zero-order chi connectivity index (χ0) is 21.2. The zero-order valence-electron chi connectivity index (χ0n) is 17.4. The number of thioether (sulfide) groups is 1. The Labute approximate surface area is 188 Å². The van der Waals surface area contributed by atoms with Gasteiger partial charge in [-0.25, -0.2) is 0 Å². The number of rotatable bonds is 10. The van der Waals surface area contributed by atoms with E-state index in [1.165, 1.54) is 11.1 Å². The van der Waals surface area contributed by atoms with Crippen LogP contribution in [0.4, 0.5) is 0 Å². The summed E-state index contributed by atoms with van der Waals surface area (Å²) in [6.45, 7) is 7.28. The van der Waals surface area contributed by atoms with E-state index in [9.17, 15) is 4.79 Å². The zero-order valence-corrected chi connectivity index (χ0v) is 19.0. The normalized spacial score (nSPS) is 15.7. The van der Waals surface area contributed by atoms with E-state index in [0.717, 1.165) is 48.5 Å². The number of carbonyl (C=O) groups excluding carboxylic acids is 1. The smallest absolute Gasteiger partial charge is 0.234 e. The van der Waals surface area contributed by atoms with Crippen molar-refractivity contribution in [2.45, 2.75) is 17.9 Å². The predicted molar refractivity (Wildman–Crippen MR) is 124 cm³/mol. The van der Waals surface area contributed by atoms with Crippen LogP contribution in [0.3, 0.4) is 0 Å². The van der Waals surface area contributed by atoms with Gasteiger partial charge in [0.15, 0.2) is 0 Å². The second kappa shape index (κ2) is 12.3. The maximum absolute atomic E-state index is 12.3. The van der Waals surface area contributed by atoms with Crippen molar-refractivity contribution in [3.8, 4) is 0 Å².